The highest BCUT2D eigenvalue weighted by Crippen LogP contribution is 2.60. The minimum atomic E-state index is -4.87. The van der Waals surface area contributed by atoms with Crippen LogP contribution in [0, 0.1) is 23.2 Å². The van der Waals surface area contributed by atoms with Crippen molar-refractivity contribution in [3.8, 4) is 0 Å². The Kier molecular flexibility index (Phi) is 5.59. The molecule has 1 aromatic carbocycles. The molecule has 4 aliphatic carbocycles. The van der Waals surface area contributed by atoms with Crippen LogP contribution in [-0.4, -0.2) is 31.8 Å². The summed E-state index contributed by atoms with van der Waals surface area (Å²) in [5, 5.41) is 2.94. The van der Waals surface area contributed by atoms with Crippen molar-refractivity contribution < 1.29 is 31.2 Å². The Morgan fingerprint density at radius 3 is 2.18 bits per heavy atom. The molecule has 4 N–H and O–H groups in total. The predicted molar refractivity (Wildman–Crippen MR) is 113 cm³/mol. The normalized spacial score (nSPS) is 31.4. The van der Waals surface area contributed by atoms with Crippen molar-refractivity contribution >= 4 is 21.8 Å². The van der Waals surface area contributed by atoms with Crippen LogP contribution in [0.25, 0.3) is 0 Å². The highest BCUT2D eigenvalue weighted by molar-refractivity contribution is 7.89. The summed E-state index contributed by atoms with van der Waals surface area (Å²) in [5.74, 6) is -0.421. The lowest BCUT2D eigenvalue weighted by molar-refractivity contribution is -0.148. The molecule has 5 rings (SSSR count). The number of rotatable bonds is 6. The molecular formula is C22H28F3N3O4S. The number of halogens is 3. The van der Waals surface area contributed by atoms with Crippen molar-refractivity contribution in [2.24, 2.45) is 28.9 Å². The van der Waals surface area contributed by atoms with Gasteiger partial charge in [-0.25, -0.2) is 8.42 Å². The van der Waals surface area contributed by atoms with Gasteiger partial charge in [-0.2, -0.15) is 17.9 Å². The molecule has 0 saturated heterocycles. The van der Waals surface area contributed by atoms with Crippen LogP contribution in [0.3, 0.4) is 0 Å². The Morgan fingerprint density at radius 2 is 1.64 bits per heavy atom. The molecule has 4 aliphatic rings. The topological polar surface area (TPSA) is 118 Å². The fourth-order valence-corrected chi connectivity index (χ4v) is 7.87. The SMILES string of the molecule is CC(C)(NS(=O)(=O)c1ccccc1C(F)(F)F)C(=O)NC1C2CC3CC1CC(C(N)=O)(C3)C2. The third-order valence-corrected chi connectivity index (χ3v) is 9.25. The second-order valence-corrected chi connectivity index (χ2v) is 12.0. The number of nitrogens with one attached hydrogen (secondary N) is 2. The number of amides is 2. The molecule has 11 heteroatoms. The van der Waals surface area contributed by atoms with E-state index < -0.39 is 43.5 Å². The summed E-state index contributed by atoms with van der Waals surface area (Å²) in [5.41, 5.74) is 2.16. The number of benzene rings is 1. The Hall–Kier alpha value is -2.14. The summed E-state index contributed by atoms with van der Waals surface area (Å²) in [6.45, 7) is 2.63. The molecule has 0 aliphatic heterocycles. The Bertz CT molecular complexity index is 1070. The van der Waals surface area contributed by atoms with Gasteiger partial charge in [0.05, 0.1) is 10.5 Å². The lowest BCUT2D eigenvalue weighted by Crippen LogP contribution is -2.65. The largest absolute Gasteiger partial charge is 0.417 e. The van der Waals surface area contributed by atoms with E-state index in [1.165, 1.54) is 19.9 Å². The van der Waals surface area contributed by atoms with Crippen LogP contribution in [0.5, 0.6) is 0 Å². The van der Waals surface area contributed by atoms with Crippen LogP contribution in [0.15, 0.2) is 29.2 Å². The van der Waals surface area contributed by atoms with E-state index in [0.29, 0.717) is 24.8 Å². The van der Waals surface area contributed by atoms with Gasteiger partial charge in [0, 0.05) is 11.5 Å². The van der Waals surface area contributed by atoms with E-state index in [2.05, 4.69) is 10.0 Å². The first-order valence-corrected chi connectivity index (χ1v) is 12.4. The molecule has 4 bridgehead atoms. The summed E-state index contributed by atoms with van der Waals surface area (Å²) >= 11 is 0. The number of nitrogens with two attached hydrogens (primary N) is 1. The number of carbonyl (C=O) groups is 2. The van der Waals surface area contributed by atoms with E-state index in [4.69, 9.17) is 5.73 Å². The van der Waals surface area contributed by atoms with Gasteiger partial charge in [-0.1, -0.05) is 12.1 Å². The fraction of sp³-hybridized carbons (Fsp3) is 0.636. The molecule has 0 spiro atoms. The van der Waals surface area contributed by atoms with Crippen molar-refractivity contribution in [2.75, 3.05) is 0 Å². The van der Waals surface area contributed by atoms with E-state index in [1.54, 1.807) is 0 Å². The first kappa shape index (κ1) is 24.0. The smallest absolute Gasteiger partial charge is 0.369 e. The lowest BCUT2D eigenvalue weighted by atomic mass is 9.47. The van der Waals surface area contributed by atoms with Gasteiger partial charge in [0.25, 0.3) is 0 Å². The maximum atomic E-state index is 13.3. The second kappa shape index (κ2) is 7.69. The van der Waals surface area contributed by atoms with Crippen LogP contribution >= 0.6 is 0 Å². The molecule has 4 saturated carbocycles. The van der Waals surface area contributed by atoms with Gasteiger partial charge in [-0.15, -0.1) is 0 Å². The molecule has 0 heterocycles. The maximum Gasteiger partial charge on any atom is 0.417 e. The molecular weight excluding hydrogens is 459 g/mol. The number of primary amides is 1. The fourth-order valence-electron chi connectivity index (χ4n) is 6.27. The number of alkyl halides is 3. The molecule has 0 aromatic heterocycles. The van der Waals surface area contributed by atoms with E-state index >= 15 is 0 Å². The van der Waals surface area contributed by atoms with Crippen molar-refractivity contribution in [3.05, 3.63) is 29.8 Å². The summed E-state index contributed by atoms with van der Waals surface area (Å²) in [7, 11) is -4.65. The van der Waals surface area contributed by atoms with Gasteiger partial charge in [0.1, 0.15) is 5.54 Å². The van der Waals surface area contributed by atoms with E-state index in [-0.39, 0.29) is 23.8 Å². The van der Waals surface area contributed by atoms with Crippen LogP contribution in [0.2, 0.25) is 0 Å². The molecule has 182 valence electrons. The Morgan fingerprint density at radius 1 is 1.06 bits per heavy atom. The van der Waals surface area contributed by atoms with Gasteiger partial charge in [-0.05, 0) is 75.8 Å². The zero-order valence-corrected chi connectivity index (χ0v) is 19.2. The summed E-state index contributed by atoms with van der Waals surface area (Å²) in [4.78, 5) is 24.3. The van der Waals surface area contributed by atoms with Crippen LogP contribution in [0.4, 0.5) is 13.2 Å². The van der Waals surface area contributed by atoms with Gasteiger partial charge >= 0.3 is 6.18 Å². The third kappa shape index (κ3) is 4.25. The van der Waals surface area contributed by atoms with Gasteiger partial charge in [-0.3, -0.25) is 9.59 Å². The molecule has 4 fully saturated rings. The number of hydrogen-bond donors (Lipinski definition) is 3. The van der Waals surface area contributed by atoms with Crippen LogP contribution < -0.4 is 15.8 Å². The third-order valence-electron chi connectivity index (χ3n) is 7.53. The zero-order valence-electron chi connectivity index (χ0n) is 18.4. The molecule has 2 unspecified atom stereocenters. The number of sulfonamides is 1. The highest BCUT2D eigenvalue weighted by Gasteiger charge is 2.58. The summed E-state index contributed by atoms with van der Waals surface area (Å²) in [6, 6.07) is 3.61. The average molecular weight is 488 g/mol. The van der Waals surface area contributed by atoms with Gasteiger partial charge in [0.2, 0.25) is 21.8 Å². The predicted octanol–water partition coefficient (Wildman–Crippen LogP) is 2.56. The van der Waals surface area contributed by atoms with Crippen molar-refractivity contribution in [3.63, 3.8) is 0 Å². The summed E-state index contributed by atoms with van der Waals surface area (Å²) < 4.78 is 67.8. The Balaban J connectivity index is 1.51. The second-order valence-electron chi connectivity index (χ2n) is 10.3. The molecule has 2 amide bonds. The standard InChI is InChI=1S/C22H28F3N3O4S/c1-20(2,28-33(31,32)16-6-4-3-5-15(16)22(23,24)25)19(30)27-17-13-7-12-8-14(17)11-21(9-12,10-13)18(26)29/h3-6,12-14,17,28H,7-11H2,1-2H3,(H2,26,29)(H,27,30). The van der Waals surface area contributed by atoms with E-state index in [9.17, 15) is 31.2 Å². The molecule has 2 atom stereocenters. The van der Waals surface area contributed by atoms with Crippen LogP contribution in [-0.2, 0) is 25.8 Å². The monoisotopic (exact) mass is 487 g/mol. The number of carbonyl (C=O) groups excluding carboxylic acids is 2. The minimum absolute atomic E-state index is 0.0612. The van der Waals surface area contributed by atoms with Crippen molar-refractivity contribution in [1.82, 2.24) is 10.0 Å². The zero-order chi connectivity index (χ0) is 24.4. The highest BCUT2D eigenvalue weighted by atomic mass is 32.2. The van der Waals surface area contributed by atoms with Crippen molar-refractivity contribution in [2.45, 2.75) is 68.6 Å². The minimum Gasteiger partial charge on any atom is -0.369 e. The quantitative estimate of drug-likeness (QED) is 0.572. The Labute approximate surface area is 190 Å². The summed E-state index contributed by atoms with van der Waals surface area (Å²) in [6.07, 6.45) is -1.19. The van der Waals surface area contributed by atoms with Gasteiger partial charge in [0.15, 0.2) is 0 Å². The first-order chi connectivity index (χ1) is 15.1. The molecule has 7 nitrogen and oxygen atoms in total. The maximum absolute atomic E-state index is 13.3. The number of hydrogen-bond acceptors (Lipinski definition) is 4. The van der Waals surface area contributed by atoms with E-state index in [0.717, 1.165) is 31.4 Å². The molecule has 0 radical (unpaired) electrons. The van der Waals surface area contributed by atoms with Crippen LogP contribution in [0.1, 0.15) is 51.5 Å². The first-order valence-electron chi connectivity index (χ1n) is 11.0. The average Bonchev–Trinajstić information content (AvgIpc) is 2.68. The molecule has 33 heavy (non-hydrogen) atoms. The molecule has 1 aromatic rings. The van der Waals surface area contributed by atoms with Gasteiger partial charge < -0.3 is 11.1 Å². The lowest BCUT2D eigenvalue weighted by Gasteiger charge is -2.59. The van der Waals surface area contributed by atoms with Crippen molar-refractivity contribution in [1.29, 1.82) is 0 Å². The van der Waals surface area contributed by atoms with E-state index in [1.807, 2.05) is 0 Å².